The van der Waals surface area contributed by atoms with E-state index in [9.17, 15) is 26.0 Å². The molecule has 2 saturated heterocycles. The molecule has 14 heteroatoms. The summed E-state index contributed by atoms with van der Waals surface area (Å²) in [5.41, 5.74) is -4.51. The van der Waals surface area contributed by atoms with Crippen molar-refractivity contribution in [3.05, 3.63) is 57.5 Å². The highest BCUT2D eigenvalue weighted by molar-refractivity contribution is 7.90. The lowest BCUT2D eigenvalue weighted by atomic mass is 9.97. The van der Waals surface area contributed by atoms with E-state index in [4.69, 9.17) is 23.2 Å². The zero-order valence-electron chi connectivity index (χ0n) is 21.4. The number of aromatic nitrogens is 1. The smallest absolute Gasteiger partial charge is 0.353 e. The molecule has 0 radical (unpaired) electrons. The van der Waals surface area contributed by atoms with Gasteiger partial charge in [-0.3, -0.25) is 9.80 Å². The molecule has 0 aliphatic carbocycles. The Labute approximate surface area is 237 Å². The van der Waals surface area contributed by atoms with E-state index in [2.05, 4.69) is 26.6 Å². The van der Waals surface area contributed by atoms with Crippen LogP contribution in [0.1, 0.15) is 38.7 Å². The number of halogens is 6. The standard InChI is InChI=1S/C25H31Cl2F4N5O2S.H2/c1-2-20-16-35(24-22(27)11-17(13-32-24)14-33-39(37,38)25(29,30)31)9-10-36(20)21-5-7-34(8-6-21)15-18-3-4-19(26)12-23(18)28;/h3-4,11-13,20-21,33H,2,5-10,14-16H2,1H3;1H/t20-;/m0./s1. The highest BCUT2D eigenvalue weighted by atomic mass is 35.5. The van der Waals surface area contributed by atoms with Gasteiger partial charge in [0.25, 0.3) is 0 Å². The van der Waals surface area contributed by atoms with E-state index in [1.54, 1.807) is 12.1 Å². The van der Waals surface area contributed by atoms with Gasteiger partial charge in [-0.15, -0.1) is 0 Å². The third kappa shape index (κ3) is 7.34. The first-order valence-corrected chi connectivity index (χ1v) is 15.0. The molecule has 39 heavy (non-hydrogen) atoms. The summed E-state index contributed by atoms with van der Waals surface area (Å²) in [6, 6.07) is 6.91. The minimum absolute atomic E-state index is 0. The second kappa shape index (κ2) is 12.4. The van der Waals surface area contributed by atoms with Crippen molar-refractivity contribution in [2.45, 2.75) is 56.9 Å². The van der Waals surface area contributed by atoms with Crippen LogP contribution >= 0.6 is 23.2 Å². The van der Waals surface area contributed by atoms with Gasteiger partial charge in [-0.05, 0) is 56.1 Å². The molecule has 2 aliphatic heterocycles. The van der Waals surface area contributed by atoms with Crippen LogP contribution in [-0.2, 0) is 23.1 Å². The molecule has 1 N–H and O–H groups in total. The number of hydrogen-bond acceptors (Lipinski definition) is 6. The second-order valence-corrected chi connectivity index (χ2v) is 12.5. The van der Waals surface area contributed by atoms with Crippen molar-refractivity contribution in [2.24, 2.45) is 0 Å². The number of alkyl halides is 3. The van der Waals surface area contributed by atoms with Crippen molar-refractivity contribution in [3.63, 3.8) is 0 Å². The number of sulfonamides is 1. The maximum absolute atomic E-state index is 14.2. The van der Waals surface area contributed by atoms with Crippen LogP contribution < -0.4 is 9.62 Å². The third-order valence-corrected chi connectivity index (χ3v) is 9.03. The average Bonchev–Trinajstić information content (AvgIpc) is 2.89. The van der Waals surface area contributed by atoms with E-state index < -0.39 is 22.1 Å². The molecule has 218 valence electrons. The number of piperidine rings is 1. The molecule has 1 aromatic heterocycles. The predicted octanol–water partition coefficient (Wildman–Crippen LogP) is 5.28. The van der Waals surface area contributed by atoms with Crippen LogP contribution in [0, 0.1) is 5.82 Å². The number of rotatable bonds is 8. The fourth-order valence-electron chi connectivity index (χ4n) is 5.27. The zero-order valence-corrected chi connectivity index (χ0v) is 23.7. The monoisotopic (exact) mass is 613 g/mol. The first-order valence-electron chi connectivity index (χ1n) is 12.7. The van der Waals surface area contributed by atoms with Crippen molar-refractivity contribution < 1.29 is 27.4 Å². The molecular formula is C25H33Cl2F4N5O2S. The number of hydrogen-bond donors (Lipinski definition) is 1. The maximum atomic E-state index is 14.2. The molecule has 0 bridgehead atoms. The van der Waals surface area contributed by atoms with Gasteiger partial charge >= 0.3 is 15.5 Å². The summed E-state index contributed by atoms with van der Waals surface area (Å²) in [6.07, 6.45) is 4.22. The summed E-state index contributed by atoms with van der Waals surface area (Å²) < 4.78 is 76.0. The lowest BCUT2D eigenvalue weighted by Crippen LogP contribution is -2.58. The normalized spacial score (nSPS) is 20.5. The summed E-state index contributed by atoms with van der Waals surface area (Å²) in [7, 11) is -5.45. The molecule has 0 saturated carbocycles. The lowest BCUT2D eigenvalue weighted by molar-refractivity contribution is -0.0448. The van der Waals surface area contributed by atoms with Gasteiger partial charge in [0.2, 0.25) is 0 Å². The molecule has 2 fully saturated rings. The minimum Gasteiger partial charge on any atom is -0.353 e. The Kier molecular flexibility index (Phi) is 9.65. The molecule has 7 nitrogen and oxygen atoms in total. The van der Waals surface area contributed by atoms with Gasteiger partial charge in [0, 0.05) is 63.0 Å². The van der Waals surface area contributed by atoms with E-state index in [0.29, 0.717) is 42.1 Å². The molecular weight excluding hydrogens is 581 g/mol. The Hall–Kier alpha value is -1.70. The van der Waals surface area contributed by atoms with Crippen LogP contribution in [0.25, 0.3) is 0 Å². The van der Waals surface area contributed by atoms with E-state index in [1.165, 1.54) is 23.1 Å². The van der Waals surface area contributed by atoms with Gasteiger partial charge in [0.05, 0.1) is 5.02 Å². The number of nitrogens with zero attached hydrogens (tertiary/aromatic N) is 4. The van der Waals surface area contributed by atoms with Crippen LogP contribution in [0.2, 0.25) is 10.0 Å². The van der Waals surface area contributed by atoms with Gasteiger partial charge in [0.15, 0.2) is 0 Å². The summed E-state index contributed by atoms with van der Waals surface area (Å²) >= 11 is 12.3. The van der Waals surface area contributed by atoms with E-state index >= 15 is 0 Å². The Bertz CT molecular complexity index is 1270. The van der Waals surface area contributed by atoms with Crippen molar-refractivity contribution >= 4 is 39.0 Å². The molecule has 2 aromatic rings. The van der Waals surface area contributed by atoms with Gasteiger partial charge in [-0.1, -0.05) is 36.2 Å². The van der Waals surface area contributed by atoms with Crippen LogP contribution in [0.5, 0.6) is 0 Å². The Morgan fingerprint density at radius 2 is 1.85 bits per heavy atom. The summed E-state index contributed by atoms with van der Waals surface area (Å²) in [4.78, 5) is 11.2. The number of likely N-dealkylation sites (tertiary alicyclic amines) is 1. The zero-order chi connectivity index (χ0) is 28.4. The number of nitrogens with one attached hydrogen (secondary N) is 1. The van der Waals surface area contributed by atoms with Gasteiger partial charge < -0.3 is 4.90 Å². The van der Waals surface area contributed by atoms with Crippen LogP contribution in [0.4, 0.5) is 23.4 Å². The van der Waals surface area contributed by atoms with Crippen molar-refractivity contribution in [1.82, 2.24) is 19.5 Å². The minimum atomic E-state index is -5.45. The summed E-state index contributed by atoms with van der Waals surface area (Å²) in [5.74, 6) is 0.242. The molecule has 1 aromatic carbocycles. The average molecular weight is 615 g/mol. The molecule has 3 heterocycles. The Morgan fingerprint density at radius 3 is 2.46 bits per heavy atom. The second-order valence-electron chi connectivity index (χ2n) is 9.91. The molecule has 0 amide bonds. The molecule has 0 unspecified atom stereocenters. The number of piperazine rings is 1. The van der Waals surface area contributed by atoms with E-state index in [0.717, 1.165) is 38.9 Å². The van der Waals surface area contributed by atoms with E-state index in [1.807, 2.05) is 0 Å². The van der Waals surface area contributed by atoms with Crippen molar-refractivity contribution in [3.8, 4) is 0 Å². The Morgan fingerprint density at radius 1 is 1.13 bits per heavy atom. The third-order valence-electron chi connectivity index (χ3n) is 7.38. The topological polar surface area (TPSA) is 68.8 Å². The Balaban J connectivity index is 0.00000441. The number of benzene rings is 1. The van der Waals surface area contributed by atoms with Gasteiger partial charge in [-0.2, -0.15) is 13.2 Å². The van der Waals surface area contributed by atoms with Crippen molar-refractivity contribution in [1.29, 1.82) is 0 Å². The number of pyridine rings is 1. The largest absolute Gasteiger partial charge is 0.511 e. The van der Waals surface area contributed by atoms with Gasteiger partial charge in [0.1, 0.15) is 11.6 Å². The molecule has 1 atom stereocenters. The van der Waals surface area contributed by atoms with Gasteiger partial charge in [-0.25, -0.2) is 22.5 Å². The maximum Gasteiger partial charge on any atom is 0.511 e. The fraction of sp³-hybridized carbons (Fsp3) is 0.560. The first-order chi connectivity index (χ1) is 18.4. The summed E-state index contributed by atoms with van der Waals surface area (Å²) in [6.45, 7) is 6.04. The molecule has 2 aliphatic rings. The fourth-order valence-corrected chi connectivity index (χ4v) is 6.25. The highest BCUT2D eigenvalue weighted by Crippen LogP contribution is 2.30. The lowest BCUT2D eigenvalue weighted by Gasteiger charge is -2.47. The number of anilines is 1. The highest BCUT2D eigenvalue weighted by Gasteiger charge is 2.45. The van der Waals surface area contributed by atoms with Crippen molar-refractivity contribution in [2.75, 3.05) is 37.6 Å². The van der Waals surface area contributed by atoms with E-state index in [-0.39, 0.29) is 23.9 Å². The SMILES string of the molecule is CC[C@H]1CN(c2ncc(CNS(=O)(=O)C(F)(F)F)cc2Cl)CCN1C1CCN(Cc2ccc(Cl)cc2F)CC1.[HH]. The molecule has 4 rings (SSSR count). The van der Waals surface area contributed by atoms with Crippen LogP contribution in [0.15, 0.2) is 30.5 Å². The predicted molar refractivity (Wildman–Crippen MR) is 146 cm³/mol. The molecule has 0 spiro atoms. The van der Waals surface area contributed by atoms with Crippen LogP contribution in [-0.4, -0.2) is 73.5 Å². The first kappa shape index (κ1) is 30.3. The van der Waals surface area contributed by atoms with Crippen LogP contribution in [0.3, 0.4) is 0 Å². The quantitative estimate of drug-likeness (QED) is 0.409. The summed E-state index contributed by atoms with van der Waals surface area (Å²) in [5, 5.41) is 0.644.